The van der Waals surface area contributed by atoms with Crippen LogP contribution in [0.5, 0.6) is 5.75 Å². The summed E-state index contributed by atoms with van der Waals surface area (Å²) in [6.07, 6.45) is 8.82. The van der Waals surface area contributed by atoms with Gasteiger partial charge >= 0.3 is 0 Å². The fourth-order valence-electron chi connectivity index (χ4n) is 3.34. The Hall–Kier alpha value is -2.06. The van der Waals surface area contributed by atoms with E-state index in [0.717, 1.165) is 11.3 Å². The van der Waals surface area contributed by atoms with Gasteiger partial charge < -0.3 is 9.84 Å². The molecular weight excluding hydrogens is 284 g/mol. The summed E-state index contributed by atoms with van der Waals surface area (Å²) in [5.74, 6) is 1.58. The molecule has 0 spiro atoms. The van der Waals surface area contributed by atoms with Crippen LogP contribution in [-0.4, -0.2) is 11.7 Å². The summed E-state index contributed by atoms with van der Waals surface area (Å²) in [6.45, 7) is 0.621. The number of rotatable bonds is 6. The molecule has 0 saturated heterocycles. The number of hydrogen-bond acceptors (Lipinski definition) is 2. The Balaban J connectivity index is 1.88. The molecule has 0 heterocycles. The molecule has 2 heteroatoms. The molecule has 23 heavy (non-hydrogen) atoms. The van der Waals surface area contributed by atoms with E-state index in [1.165, 1.54) is 36.8 Å². The molecule has 0 atom stereocenters. The third-order valence-corrected chi connectivity index (χ3v) is 4.50. The number of aliphatic hydroxyl groups excluding tert-OH is 1. The van der Waals surface area contributed by atoms with Gasteiger partial charge in [0, 0.05) is 5.56 Å². The molecule has 0 amide bonds. The van der Waals surface area contributed by atoms with Crippen molar-refractivity contribution in [2.24, 2.45) is 0 Å². The maximum Gasteiger partial charge on any atom is 0.130 e. The quantitative estimate of drug-likeness (QED) is 0.820. The lowest BCUT2D eigenvalue weighted by atomic mass is 9.94. The van der Waals surface area contributed by atoms with Gasteiger partial charge in [0.1, 0.15) is 12.4 Å². The second kappa shape index (κ2) is 7.98. The van der Waals surface area contributed by atoms with Crippen molar-refractivity contribution in [1.29, 1.82) is 0 Å². The van der Waals surface area contributed by atoms with Crippen molar-refractivity contribution in [3.05, 3.63) is 71.3 Å². The SMILES string of the molecule is OCC=Cc1cccc(C2CCCC2)c1OCc1ccccc1. The third kappa shape index (κ3) is 4.02. The molecule has 1 aliphatic rings. The van der Waals surface area contributed by atoms with Gasteiger partial charge in [0.2, 0.25) is 0 Å². The van der Waals surface area contributed by atoms with Crippen molar-refractivity contribution in [3.8, 4) is 5.75 Å². The van der Waals surface area contributed by atoms with E-state index in [1.807, 2.05) is 24.3 Å². The van der Waals surface area contributed by atoms with Gasteiger partial charge in [-0.15, -0.1) is 0 Å². The van der Waals surface area contributed by atoms with Gasteiger partial charge in [-0.1, -0.05) is 73.5 Å². The molecule has 3 rings (SSSR count). The molecule has 1 fully saturated rings. The minimum absolute atomic E-state index is 0.0474. The van der Waals surface area contributed by atoms with Gasteiger partial charge in [-0.05, 0) is 29.9 Å². The Labute approximate surface area is 138 Å². The van der Waals surface area contributed by atoms with Crippen LogP contribution in [0.2, 0.25) is 0 Å². The van der Waals surface area contributed by atoms with Crippen molar-refractivity contribution >= 4 is 6.08 Å². The Bertz CT molecular complexity index is 640. The van der Waals surface area contributed by atoms with E-state index in [9.17, 15) is 0 Å². The van der Waals surface area contributed by atoms with Crippen LogP contribution in [0.25, 0.3) is 6.08 Å². The summed E-state index contributed by atoms with van der Waals surface area (Å²) >= 11 is 0. The molecule has 1 saturated carbocycles. The number of para-hydroxylation sites is 1. The van der Waals surface area contributed by atoms with Gasteiger partial charge in [-0.2, -0.15) is 0 Å². The lowest BCUT2D eigenvalue weighted by Gasteiger charge is -2.18. The first kappa shape index (κ1) is 15.8. The van der Waals surface area contributed by atoms with E-state index in [-0.39, 0.29) is 6.61 Å². The second-order valence-corrected chi connectivity index (χ2v) is 6.11. The second-order valence-electron chi connectivity index (χ2n) is 6.11. The normalized spacial score (nSPS) is 15.3. The lowest BCUT2D eigenvalue weighted by molar-refractivity contribution is 0.300. The van der Waals surface area contributed by atoms with Crippen LogP contribution in [0.4, 0.5) is 0 Å². The summed E-state index contributed by atoms with van der Waals surface area (Å²) in [6, 6.07) is 16.6. The minimum Gasteiger partial charge on any atom is -0.488 e. The molecule has 0 aliphatic heterocycles. The van der Waals surface area contributed by atoms with Crippen LogP contribution in [0.3, 0.4) is 0 Å². The van der Waals surface area contributed by atoms with Crippen LogP contribution in [-0.2, 0) is 6.61 Å². The highest BCUT2D eigenvalue weighted by atomic mass is 16.5. The first-order valence-electron chi connectivity index (χ1n) is 8.45. The molecule has 0 bridgehead atoms. The van der Waals surface area contributed by atoms with E-state index in [2.05, 4.69) is 30.3 Å². The molecule has 0 unspecified atom stereocenters. The van der Waals surface area contributed by atoms with Crippen molar-refractivity contribution in [2.75, 3.05) is 6.61 Å². The fraction of sp³-hybridized carbons (Fsp3) is 0.333. The molecule has 2 nitrogen and oxygen atoms in total. The minimum atomic E-state index is 0.0474. The zero-order chi connectivity index (χ0) is 15.9. The standard InChI is InChI=1S/C21H24O2/c22-15-7-13-19-12-6-14-20(18-10-4-5-11-18)21(19)23-16-17-8-2-1-3-9-17/h1-3,6-9,12-14,18,22H,4-5,10-11,15-16H2. The first-order valence-corrected chi connectivity index (χ1v) is 8.45. The van der Waals surface area contributed by atoms with Crippen molar-refractivity contribution < 1.29 is 9.84 Å². The number of ether oxygens (including phenoxy) is 1. The summed E-state index contributed by atoms with van der Waals surface area (Å²) < 4.78 is 6.23. The molecule has 0 radical (unpaired) electrons. The predicted octanol–water partition coefficient (Wildman–Crippen LogP) is 4.93. The maximum absolute atomic E-state index is 9.08. The van der Waals surface area contributed by atoms with Crippen LogP contribution < -0.4 is 4.74 Å². The van der Waals surface area contributed by atoms with E-state index in [4.69, 9.17) is 9.84 Å². The monoisotopic (exact) mass is 308 g/mol. The smallest absolute Gasteiger partial charge is 0.130 e. The first-order chi connectivity index (χ1) is 11.4. The Morgan fingerprint density at radius 3 is 2.52 bits per heavy atom. The van der Waals surface area contributed by atoms with Crippen molar-refractivity contribution in [2.45, 2.75) is 38.2 Å². The maximum atomic E-state index is 9.08. The summed E-state index contributed by atoms with van der Waals surface area (Å²) in [5.41, 5.74) is 3.55. The third-order valence-electron chi connectivity index (χ3n) is 4.50. The van der Waals surface area contributed by atoms with Gasteiger partial charge in [0.25, 0.3) is 0 Å². The van der Waals surface area contributed by atoms with Crippen molar-refractivity contribution in [1.82, 2.24) is 0 Å². The van der Waals surface area contributed by atoms with E-state index < -0.39 is 0 Å². The molecule has 1 N–H and O–H groups in total. The Kier molecular flexibility index (Phi) is 5.49. The average Bonchev–Trinajstić information content (AvgIpc) is 3.13. The highest BCUT2D eigenvalue weighted by Crippen LogP contribution is 2.40. The van der Waals surface area contributed by atoms with E-state index >= 15 is 0 Å². The number of benzene rings is 2. The van der Waals surface area contributed by atoms with Crippen LogP contribution >= 0.6 is 0 Å². The predicted molar refractivity (Wildman–Crippen MR) is 94.5 cm³/mol. The fourth-order valence-corrected chi connectivity index (χ4v) is 3.34. The average molecular weight is 308 g/mol. The molecule has 1 aliphatic carbocycles. The molecule has 0 aromatic heterocycles. The topological polar surface area (TPSA) is 29.5 Å². The van der Waals surface area contributed by atoms with E-state index in [1.54, 1.807) is 6.08 Å². The van der Waals surface area contributed by atoms with Gasteiger partial charge in [0.15, 0.2) is 0 Å². The summed E-state index contributed by atoms with van der Waals surface area (Å²) in [5, 5.41) is 9.08. The molecular formula is C21H24O2. The van der Waals surface area contributed by atoms with Crippen molar-refractivity contribution in [3.63, 3.8) is 0 Å². The number of hydrogen-bond donors (Lipinski definition) is 1. The van der Waals surface area contributed by atoms with Crippen LogP contribution in [0.1, 0.15) is 48.3 Å². The van der Waals surface area contributed by atoms with Crippen LogP contribution in [0, 0.1) is 0 Å². The largest absolute Gasteiger partial charge is 0.488 e. The Morgan fingerprint density at radius 2 is 1.78 bits per heavy atom. The highest BCUT2D eigenvalue weighted by molar-refractivity contribution is 5.60. The molecule has 2 aromatic rings. The summed E-state index contributed by atoms with van der Waals surface area (Å²) in [7, 11) is 0. The zero-order valence-corrected chi connectivity index (χ0v) is 13.4. The molecule has 2 aromatic carbocycles. The summed E-state index contributed by atoms with van der Waals surface area (Å²) in [4.78, 5) is 0. The molecule has 120 valence electrons. The zero-order valence-electron chi connectivity index (χ0n) is 13.4. The van der Waals surface area contributed by atoms with Crippen LogP contribution in [0.15, 0.2) is 54.6 Å². The lowest BCUT2D eigenvalue weighted by Crippen LogP contribution is -2.03. The van der Waals surface area contributed by atoms with Gasteiger partial charge in [0.05, 0.1) is 6.61 Å². The van der Waals surface area contributed by atoms with E-state index in [0.29, 0.717) is 12.5 Å². The van der Waals surface area contributed by atoms with Gasteiger partial charge in [-0.25, -0.2) is 0 Å². The number of aliphatic hydroxyl groups is 1. The Morgan fingerprint density at radius 1 is 1.00 bits per heavy atom. The highest BCUT2D eigenvalue weighted by Gasteiger charge is 2.21. The van der Waals surface area contributed by atoms with Gasteiger partial charge in [-0.3, -0.25) is 0 Å².